The molecule has 2 aromatic heterocycles. The smallest absolute Gasteiger partial charge is 0.272 e. The lowest BCUT2D eigenvalue weighted by Gasteiger charge is -2.21. The lowest BCUT2D eigenvalue weighted by molar-refractivity contribution is 0.0749. The first-order valence-corrected chi connectivity index (χ1v) is 7.99. The molecule has 0 fully saturated rings. The van der Waals surface area contributed by atoms with Crippen LogP contribution in [0.15, 0.2) is 36.8 Å². The van der Waals surface area contributed by atoms with Crippen LogP contribution in [0.3, 0.4) is 0 Å². The lowest BCUT2D eigenvalue weighted by Crippen LogP contribution is -2.33. The van der Waals surface area contributed by atoms with Crippen LogP contribution in [0.1, 0.15) is 42.7 Å². The summed E-state index contributed by atoms with van der Waals surface area (Å²) in [6, 6.07) is 5.51. The molecule has 0 aliphatic rings. The number of hydrogen-bond acceptors (Lipinski definition) is 5. The highest BCUT2D eigenvalue weighted by Gasteiger charge is 2.16. The maximum Gasteiger partial charge on any atom is 0.272 e. The second-order valence-electron chi connectivity index (χ2n) is 5.27. The SMILES string of the molecule is CCCN(CCC)C(=O)c1ccnc(NCc2cccnc2)n1. The third-order valence-corrected chi connectivity index (χ3v) is 3.32. The van der Waals surface area contributed by atoms with Crippen LogP contribution in [0.5, 0.6) is 0 Å². The maximum absolute atomic E-state index is 12.5. The largest absolute Gasteiger partial charge is 0.350 e. The molecule has 23 heavy (non-hydrogen) atoms. The number of carbonyl (C=O) groups is 1. The summed E-state index contributed by atoms with van der Waals surface area (Å²) in [5.41, 5.74) is 1.46. The standard InChI is InChI=1S/C17H23N5O/c1-3-10-22(11-4-2)16(23)15-7-9-19-17(21-15)20-13-14-6-5-8-18-12-14/h5-9,12H,3-4,10-11,13H2,1-2H3,(H,19,20,21). The number of nitrogens with one attached hydrogen (secondary N) is 1. The number of aromatic nitrogens is 3. The van der Waals surface area contributed by atoms with E-state index in [1.807, 2.05) is 17.0 Å². The van der Waals surface area contributed by atoms with E-state index in [4.69, 9.17) is 0 Å². The number of amides is 1. The first kappa shape index (κ1) is 16.9. The van der Waals surface area contributed by atoms with Gasteiger partial charge in [-0.15, -0.1) is 0 Å². The minimum absolute atomic E-state index is 0.0412. The van der Waals surface area contributed by atoms with Crippen LogP contribution in [-0.4, -0.2) is 38.8 Å². The lowest BCUT2D eigenvalue weighted by atomic mass is 10.3. The molecule has 6 nitrogen and oxygen atoms in total. The van der Waals surface area contributed by atoms with Gasteiger partial charge in [-0.05, 0) is 30.5 Å². The number of rotatable bonds is 8. The van der Waals surface area contributed by atoms with Crippen molar-refractivity contribution in [1.82, 2.24) is 19.9 Å². The Morgan fingerprint density at radius 1 is 1.17 bits per heavy atom. The Kier molecular flexibility index (Phi) is 6.47. The van der Waals surface area contributed by atoms with E-state index < -0.39 is 0 Å². The molecular formula is C17H23N5O. The molecule has 6 heteroatoms. The summed E-state index contributed by atoms with van der Waals surface area (Å²) in [4.78, 5) is 27.0. The van der Waals surface area contributed by atoms with E-state index in [0.717, 1.165) is 31.5 Å². The minimum Gasteiger partial charge on any atom is -0.350 e. The molecular weight excluding hydrogens is 290 g/mol. The monoisotopic (exact) mass is 313 g/mol. The third-order valence-electron chi connectivity index (χ3n) is 3.32. The van der Waals surface area contributed by atoms with E-state index in [9.17, 15) is 4.79 Å². The van der Waals surface area contributed by atoms with Crippen molar-refractivity contribution >= 4 is 11.9 Å². The van der Waals surface area contributed by atoms with Gasteiger partial charge < -0.3 is 10.2 Å². The molecule has 0 aliphatic heterocycles. The van der Waals surface area contributed by atoms with E-state index in [2.05, 4.69) is 34.1 Å². The second kappa shape index (κ2) is 8.82. The molecule has 0 atom stereocenters. The van der Waals surface area contributed by atoms with E-state index in [1.54, 1.807) is 24.7 Å². The van der Waals surface area contributed by atoms with Gasteiger partial charge in [0.25, 0.3) is 5.91 Å². The second-order valence-corrected chi connectivity index (χ2v) is 5.27. The Morgan fingerprint density at radius 2 is 1.96 bits per heavy atom. The molecule has 0 saturated carbocycles. The Balaban J connectivity index is 2.04. The maximum atomic E-state index is 12.5. The fourth-order valence-electron chi connectivity index (χ4n) is 2.26. The van der Waals surface area contributed by atoms with Crippen LogP contribution < -0.4 is 5.32 Å². The molecule has 122 valence electrons. The first-order chi connectivity index (χ1) is 11.2. The highest BCUT2D eigenvalue weighted by Crippen LogP contribution is 2.08. The van der Waals surface area contributed by atoms with Gasteiger partial charge in [-0.1, -0.05) is 19.9 Å². The third kappa shape index (κ3) is 5.02. The summed E-state index contributed by atoms with van der Waals surface area (Å²) >= 11 is 0. The average Bonchev–Trinajstić information content (AvgIpc) is 2.60. The Hall–Kier alpha value is -2.50. The first-order valence-electron chi connectivity index (χ1n) is 7.99. The van der Waals surface area contributed by atoms with Gasteiger partial charge in [0.2, 0.25) is 5.95 Å². The molecule has 1 N–H and O–H groups in total. The quantitative estimate of drug-likeness (QED) is 0.811. The van der Waals surface area contributed by atoms with Gasteiger partial charge >= 0.3 is 0 Å². The Morgan fingerprint density at radius 3 is 2.61 bits per heavy atom. The highest BCUT2D eigenvalue weighted by molar-refractivity contribution is 5.92. The van der Waals surface area contributed by atoms with Crippen molar-refractivity contribution in [2.24, 2.45) is 0 Å². The Labute approximate surface area is 137 Å². The van der Waals surface area contributed by atoms with Crippen molar-refractivity contribution in [3.05, 3.63) is 48.0 Å². The van der Waals surface area contributed by atoms with Crippen LogP contribution in [0.2, 0.25) is 0 Å². The highest BCUT2D eigenvalue weighted by atomic mass is 16.2. The van der Waals surface area contributed by atoms with Gasteiger partial charge in [0.15, 0.2) is 0 Å². The van der Waals surface area contributed by atoms with Crippen molar-refractivity contribution in [3.8, 4) is 0 Å². The summed E-state index contributed by atoms with van der Waals surface area (Å²) in [6.07, 6.45) is 7.00. The summed E-state index contributed by atoms with van der Waals surface area (Å²) in [6.45, 7) is 6.19. The van der Waals surface area contributed by atoms with Crippen LogP contribution in [0, 0.1) is 0 Å². The number of pyridine rings is 1. The van der Waals surface area contributed by atoms with E-state index in [0.29, 0.717) is 18.2 Å². The van der Waals surface area contributed by atoms with Gasteiger partial charge in [-0.2, -0.15) is 0 Å². The van der Waals surface area contributed by atoms with Gasteiger partial charge in [0.05, 0.1) is 0 Å². The minimum atomic E-state index is -0.0412. The fourth-order valence-corrected chi connectivity index (χ4v) is 2.26. The molecule has 0 bridgehead atoms. The van der Waals surface area contributed by atoms with E-state index in [-0.39, 0.29) is 5.91 Å². The van der Waals surface area contributed by atoms with Crippen molar-refractivity contribution in [2.75, 3.05) is 18.4 Å². The summed E-state index contributed by atoms with van der Waals surface area (Å²) < 4.78 is 0. The zero-order chi connectivity index (χ0) is 16.5. The normalized spacial score (nSPS) is 10.3. The number of carbonyl (C=O) groups excluding carboxylic acids is 1. The molecule has 2 aromatic rings. The van der Waals surface area contributed by atoms with Crippen molar-refractivity contribution in [3.63, 3.8) is 0 Å². The van der Waals surface area contributed by atoms with Gasteiger partial charge in [-0.3, -0.25) is 9.78 Å². The summed E-state index contributed by atoms with van der Waals surface area (Å²) in [5, 5.41) is 3.13. The Bertz CT molecular complexity index is 611. The number of hydrogen-bond donors (Lipinski definition) is 1. The zero-order valence-corrected chi connectivity index (χ0v) is 13.7. The predicted molar refractivity (Wildman–Crippen MR) is 90.1 cm³/mol. The topological polar surface area (TPSA) is 71.0 Å². The molecule has 2 rings (SSSR count). The molecule has 0 unspecified atom stereocenters. The van der Waals surface area contributed by atoms with Gasteiger partial charge in [0, 0.05) is 38.2 Å². The molecule has 0 aromatic carbocycles. The van der Waals surface area contributed by atoms with Crippen LogP contribution in [0.4, 0.5) is 5.95 Å². The molecule has 0 aliphatic carbocycles. The van der Waals surface area contributed by atoms with Crippen molar-refractivity contribution < 1.29 is 4.79 Å². The molecule has 0 radical (unpaired) electrons. The van der Waals surface area contributed by atoms with Gasteiger partial charge in [0.1, 0.15) is 5.69 Å². The number of anilines is 1. The van der Waals surface area contributed by atoms with E-state index >= 15 is 0 Å². The van der Waals surface area contributed by atoms with Crippen LogP contribution in [-0.2, 0) is 6.54 Å². The zero-order valence-electron chi connectivity index (χ0n) is 13.7. The van der Waals surface area contributed by atoms with Crippen LogP contribution in [0.25, 0.3) is 0 Å². The molecule has 1 amide bonds. The predicted octanol–water partition coefficient (Wildman–Crippen LogP) is 2.75. The molecule has 0 spiro atoms. The average molecular weight is 313 g/mol. The molecule has 0 saturated heterocycles. The van der Waals surface area contributed by atoms with Crippen LogP contribution >= 0.6 is 0 Å². The van der Waals surface area contributed by atoms with Crippen molar-refractivity contribution in [1.29, 1.82) is 0 Å². The number of nitrogens with zero attached hydrogens (tertiary/aromatic N) is 4. The summed E-state index contributed by atoms with van der Waals surface area (Å²) in [5.74, 6) is 0.410. The molecule has 2 heterocycles. The van der Waals surface area contributed by atoms with E-state index in [1.165, 1.54) is 0 Å². The van der Waals surface area contributed by atoms with Crippen molar-refractivity contribution in [2.45, 2.75) is 33.2 Å². The fraction of sp³-hybridized carbons (Fsp3) is 0.412. The van der Waals surface area contributed by atoms with Gasteiger partial charge in [-0.25, -0.2) is 9.97 Å². The summed E-state index contributed by atoms with van der Waals surface area (Å²) in [7, 11) is 0.